The Morgan fingerprint density at radius 2 is 1.85 bits per heavy atom. The van der Waals surface area contributed by atoms with Crippen molar-refractivity contribution >= 4 is 23.3 Å². The van der Waals surface area contributed by atoms with Crippen molar-refractivity contribution in [2.75, 3.05) is 14.1 Å². The average Bonchev–Trinajstić information content (AvgIpc) is 2.17. The topological polar surface area (TPSA) is 3.24 Å². The zero-order chi connectivity index (χ0) is 9.84. The first-order chi connectivity index (χ1) is 6.15. The van der Waals surface area contributed by atoms with E-state index in [4.69, 9.17) is 12.2 Å². The molecule has 0 unspecified atom stereocenters. The minimum Gasteiger partial charge on any atom is -0.368 e. The monoisotopic (exact) mass is 191 g/mol. The van der Waals surface area contributed by atoms with Crippen molar-refractivity contribution in [3.8, 4) is 0 Å². The molecule has 0 aliphatic rings. The van der Waals surface area contributed by atoms with Crippen LogP contribution in [0.2, 0.25) is 0 Å². The maximum absolute atomic E-state index is 5.22. The highest BCUT2D eigenvalue weighted by Crippen LogP contribution is 2.07. The zero-order valence-corrected chi connectivity index (χ0v) is 8.77. The molecule has 68 valence electrons. The Morgan fingerprint density at radius 1 is 1.31 bits per heavy atom. The third-order valence-corrected chi connectivity index (χ3v) is 2.40. The Bertz CT molecular complexity index is 311. The summed E-state index contributed by atoms with van der Waals surface area (Å²) >= 11 is 5.22. The van der Waals surface area contributed by atoms with Gasteiger partial charge in [-0.2, -0.15) is 0 Å². The van der Waals surface area contributed by atoms with Gasteiger partial charge in [0.15, 0.2) is 0 Å². The van der Waals surface area contributed by atoms with Gasteiger partial charge in [0, 0.05) is 19.7 Å². The number of hydrogen-bond donors (Lipinski definition) is 0. The highest BCUT2D eigenvalue weighted by molar-refractivity contribution is 7.80. The summed E-state index contributed by atoms with van der Waals surface area (Å²) < 4.78 is 0. The van der Waals surface area contributed by atoms with Gasteiger partial charge in [0.05, 0.1) is 0 Å². The van der Waals surface area contributed by atoms with Crippen LogP contribution in [0, 0.1) is 0 Å². The van der Waals surface area contributed by atoms with Crippen LogP contribution in [0.3, 0.4) is 0 Å². The first-order valence-electron chi connectivity index (χ1n) is 4.09. The minimum atomic E-state index is 0.857. The van der Waals surface area contributed by atoms with Crippen molar-refractivity contribution in [2.24, 2.45) is 0 Å². The van der Waals surface area contributed by atoms with Gasteiger partial charge in [-0.3, -0.25) is 0 Å². The Hall–Kier alpha value is -1.15. The molecule has 0 bridgehead atoms. The smallest absolute Gasteiger partial charge is 0.108 e. The lowest BCUT2D eigenvalue weighted by Gasteiger charge is -2.13. The number of benzene rings is 1. The van der Waals surface area contributed by atoms with Crippen LogP contribution in [0.5, 0.6) is 0 Å². The maximum atomic E-state index is 5.22. The van der Waals surface area contributed by atoms with E-state index in [-0.39, 0.29) is 0 Å². The average molecular weight is 191 g/mol. The van der Waals surface area contributed by atoms with Crippen LogP contribution in [-0.2, 0) is 0 Å². The van der Waals surface area contributed by atoms with E-state index in [1.165, 1.54) is 0 Å². The third kappa shape index (κ3) is 2.39. The molecule has 1 nitrogen and oxygen atoms in total. The van der Waals surface area contributed by atoms with Gasteiger partial charge in [0.2, 0.25) is 0 Å². The van der Waals surface area contributed by atoms with Crippen molar-refractivity contribution in [3.63, 3.8) is 0 Å². The van der Waals surface area contributed by atoms with Crippen LogP contribution in [0.25, 0.3) is 6.08 Å². The summed E-state index contributed by atoms with van der Waals surface area (Å²) in [4.78, 5) is 2.79. The molecule has 0 aromatic heterocycles. The predicted octanol–water partition coefficient (Wildman–Crippen LogP) is 2.57. The van der Waals surface area contributed by atoms with Gasteiger partial charge in [0.1, 0.15) is 4.99 Å². The minimum absolute atomic E-state index is 0.857. The number of thiocarbonyl (C=S) groups is 1. The first kappa shape index (κ1) is 9.93. The first-order valence-corrected chi connectivity index (χ1v) is 4.50. The zero-order valence-electron chi connectivity index (χ0n) is 7.95. The fourth-order valence-corrected chi connectivity index (χ4v) is 1.16. The van der Waals surface area contributed by atoms with Crippen LogP contribution in [0.15, 0.2) is 30.8 Å². The highest BCUT2D eigenvalue weighted by Gasteiger charge is 2.01. The van der Waals surface area contributed by atoms with Gasteiger partial charge < -0.3 is 4.90 Å². The second-order valence-corrected chi connectivity index (χ2v) is 3.41. The van der Waals surface area contributed by atoms with E-state index in [9.17, 15) is 0 Å². The summed E-state index contributed by atoms with van der Waals surface area (Å²) in [6, 6.07) is 8.05. The van der Waals surface area contributed by atoms with Gasteiger partial charge >= 0.3 is 0 Å². The molecular weight excluding hydrogens is 178 g/mol. The van der Waals surface area contributed by atoms with E-state index in [0.29, 0.717) is 0 Å². The summed E-state index contributed by atoms with van der Waals surface area (Å²) in [5, 5.41) is 0. The largest absolute Gasteiger partial charge is 0.368 e. The molecule has 2 heteroatoms. The summed E-state index contributed by atoms with van der Waals surface area (Å²) in [7, 11) is 3.90. The molecule has 0 spiro atoms. The Kier molecular flexibility index (Phi) is 3.20. The standard InChI is InChI=1S/C11H13NS/c1-4-9-5-7-10(8-6-9)11(13)12(2)3/h4-8H,1H2,2-3H3. The number of nitrogens with zero attached hydrogens (tertiary/aromatic N) is 1. The lowest BCUT2D eigenvalue weighted by molar-refractivity contribution is 0.636. The van der Waals surface area contributed by atoms with Gasteiger partial charge in [-0.25, -0.2) is 0 Å². The molecule has 0 atom stereocenters. The fraction of sp³-hybridized carbons (Fsp3) is 0.182. The van der Waals surface area contributed by atoms with Crippen LogP contribution >= 0.6 is 12.2 Å². The third-order valence-electron chi connectivity index (χ3n) is 1.80. The maximum Gasteiger partial charge on any atom is 0.108 e. The summed E-state index contributed by atoms with van der Waals surface area (Å²) in [6.07, 6.45) is 1.82. The summed E-state index contributed by atoms with van der Waals surface area (Å²) in [5.74, 6) is 0. The number of hydrogen-bond acceptors (Lipinski definition) is 1. The van der Waals surface area contributed by atoms with Crippen molar-refractivity contribution in [2.45, 2.75) is 0 Å². The molecule has 0 amide bonds. The molecular formula is C11H13NS. The Labute approximate surface area is 84.7 Å². The molecule has 0 saturated carbocycles. The molecule has 0 radical (unpaired) electrons. The van der Waals surface area contributed by atoms with E-state index in [2.05, 4.69) is 6.58 Å². The lowest BCUT2D eigenvalue weighted by Crippen LogP contribution is -2.20. The van der Waals surface area contributed by atoms with Crippen LogP contribution in [-0.4, -0.2) is 24.0 Å². The molecule has 0 N–H and O–H groups in total. The quantitative estimate of drug-likeness (QED) is 0.661. The van der Waals surface area contributed by atoms with Gasteiger partial charge in [-0.1, -0.05) is 49.1 Å². The molecule has 1 aromatic carbocycles. The van der Waals surface area contributed by atoms with Crippen molar-refractivity contribution < 1.29 is 0 Å². The van der Waals surface area contributed by atoms with Gasteiger partial charge in [0.25, 0.3) is 0 Å². The van der Waals surface area contributed by atoms with E-state index in [0.717, 1.165) is 16.1 Å². The summed E-state index contributed by atoms with van der Waals surface area (Å²) in [5.41, 5.74) is 2.19. The molecule has 0 aliphatic carbocycles. The van der Waals surface area contributed by atoms with E-state index in [1.807, 2.05) is 49.3 Å². The van der Waals surface area contributed by atoms with Crippen molar-refractivity contribution in [3.05, 3.63) is 42.0 Å². The molecule has 0 fully saturated rings. The molecule has 0 aliphatic heterocycles. The lowest BCUT2D eigenvalue weighted by atomic mass is 10.1. The van der Waals surface area contributed by atoms with Crippen LogP contribution in [0.4, 0.5) is 0 Å². The molecule has 0 heterocycles. The highest BCUT2D eigenvalue weighted by atomic mass is 32.1. The van der Waals surface area contributed by atoms with Crippen LogP contribution < -0.4 is 0 Å². The SMILES string of the molecule is C=Cc1ccc(C(=S)N(C)C)cc1. The molecule has 0 saturated heterocycles. The van der Waals surface area contributed by atoms with Crippen LogP contribution in [0.1, 0.15) is 11.1 Å². The normalized spacial score (nSPS) is 9.38. The second kappa shape index (κ2) is 4.19. The van der Waals surface area contributed by atoms with E-state index < -0.39 is 0 Å². The molecule has 1 rings (SSSR count). The molecule has 1 aromatic rings. The van der Waals surface area contributed by atoms with Crippen molar-refractivity contribution in [1.29, 1.82) is 0 Å². The predicted molar refractivity (Wildman–Crippen MR) is 61.9 cm³/mol. The fourth-order valence-electron chi connectivity index (χ4n) is 1.02. The Morgan fingerprint density at radius 3 is 2.23 bits per heavy atom. The number of rotatable bonds is 2. The van der Waals surface area contributed by atoms with Crippen molar-refractivity contribution in [1.82, 2.24) is 4.90 Å². The van der Waals surface area contributed by atoms with E-state index in [1.54, 1.807) is 0 Å². The molecule has 13 heavy (non-hydrogen) atoms. The Balaban J connectivity index is 2.92. The summed E-state index contributed by atoms with van der Waals surface area (Å²) in [6.45, 7) is 3.70. The second-order valence-electron chi connectivity index (χ2n) is 3.03. The van der Waals surface area contributed by atoms with Gasteiger partial charge in [-0.15, -0.1) is 0 Å². The van der Waals surface area contributed by atoms with Gasteiger partial charge in [-0.05, 0) is 5.56 Å². The van der Waals surface area contributed by atoms with E-state index >= 15 is 0 Å².